The SMILES string of the molecule is CC(=O)NCc1cc2n(n1)CCN(Cc1cnc(N3CCCCC3)nc1)C2. The molecule has 27 heavy (non-hydrogen) atoms. The third kappa shape index (κ3) is 4.44. The highest BCUT2D eigenvalue weighted by atomic mass is 16.1. The average molecular weight is 369 g/mol. The third-order valence-corrected chi connectivity index (χ3v) is 5.18. The van der Waals surface area contributed by atoms with Crippen LogP contribution in [0.15, 0.2) is 18.5 Å². The average Bonchev–Trinajstić information content (AvgIpc) is 3.10. The van der Waals surface area contributed by atoms with Crippen LogP contribution in [0.25, 0.3) is 0 Å². The highest BCUT2D eigenvalue weighted by Crippen LogP contribution is 2.18. The number of carbonyl (C=O) groups is 1. The van der Waals surface area contributed by atoms with Crippen LogP contribution in [0.1, 0.15) is 43.1 Å². The Morgan fingerprint density at radius 1 is 1.11 bits per heavy atom. The summed E-state index contributed by atoms with van der Waals surface area (Å²) in [6, 6.07) is 2.08. The summed E-state index contributed by atoms with van der Waals surface area (Å²) in [7, 11) is 0. The van der Waals surface area contributed by atoms with Crippen LogP contribution in [0, 0.1) is 0 Å². The highest BCUT2D eigenvalue weighted by Gasteiger charge is 2.19. The molecule has 2 aromatic heterocycles. The zero-order valence-electron chi connectivity index (χ0n) is 15.9. The maximum Gasteiger partial charge on any atom is 0.225 e. The fraction of sp³-hybridized carbons (Fsp3) is 0.579. The molecule has 2 aliphatic rings. The normalized spacial score (nSPS) is 17.6. The second kappa shape index (κ2) is 8.04. The summed E-state index contributed by atoms with van der Waals surface area (Å²) in [5.41, 5.74) is 3.24. The van der Waals surface area contributed by atoms with E-state index < -0.39 is 0 Å². The Morgan fingerprint density at radius 2 is 1.89 bits per heavy atom. The molecule has 1 saturated heterocycles. The summed E-state index contributed by atoms with van der Waals surface area (Å²) in [4.78, 5) is 24.9. The van der Waals surface area contributed by atoms with E-state index in [1.807, 2.05) is 17.1 Å². The molecule has 0 saturated carbocycles. The predicted molar refractivity (Wildman–Crippen MR) is 102 cm³/mol. The molecule has 1 fully saturated rings. The molecule has 8 heteroatoms. The molecular weight excluding hydrogens is 342 g/mol. The molecule has 1 N–H and O–H groups in total. The van der Waals surface area contributed by atoms with Crippen molar-refractivity contribution in [2.24, 2.45) is 0 Å². The fourth-order valence-corrected chi connectivity index (χ4v) is 3.76. The zero-order chi connectivity index (χ0) is 18.6. The van der Waals surface area contributed by atoms with Crippen molar-refractivity contribution < 1.29 is 4.79 Å². The molecular formula is C19H27N7O. The van der Waals surface area contributed by atoms with Crippen LogP contribution in [0.5, 0.6) is 0 Å². The van der Waals surface area contributed by atoms with Gasteiger partial charge in [0.15, 0.2) is 0 Å². The first-order valence-electron chi connectivity index (χ1n) is 9.75. The largest absolute Gasteiger partial charge is 0.351 e. The van der Waals surface area contributed by atoms with Crippen molar-refractivity contribution in [3.8, 4) is 0 Å². The van der Waals surface area contributed by atoms with Gasteiger partial charge in [0.1, 0.15) is 0 Å². The van der Waals surface area contributed by atoms with Crippen molar-refractivity contribution in [3.05, 3.63) is 35.4 Å². The number of aromatic nitrogens is 4. The van der Waals surface area contributed by atoms with E-state index in [0.29, 0.717) is 6.54 Å². The minimum atomic E-state index is -0.0319. The Labute approximate surface area is 159 Å². The maximum atomic E-state index is 11.1. The third-order valence-electron chi connectivity index (χ3n) is 5.18. The minimum absolute atomic E-state index is 0.0319. The van der Waals surface area contributed by atoms with Gasteiger partial charge >= 0.3 is 0 Å². The molecule has 1 amide bonds. The molecule has 8 nitrogen and oxygen atoms in total. The summed E-state index contributed by atoms with van der Waals surface area (Å²) < 4.78 is 2.05. The summed E-state index contributed by atoms with van der Waals surface area (Å²) in [5.74, 6) is 0.827. The van der Waals surface area contributed by atoms with E-state index in [0.717, 1.165) is 56.5 Å². The standard InChI is InChI=1S/C19H27N7O/c1-15(27)20-12-17-9-18-14-24(7-8-26(18)23-17)13-16-10-21-19(22-11-16)25-5-3-2-4-6-25/h9-11H,2-8,12-14H2,1H3,(H,20,27). The predicted octanol–water partition coefficient (Wildman–Crippen LogP) is 1.32. The molecule has 0 aromatic carbocycles. The number of amides is 1. The number of nitrogens with one attached hydrogen (secondary N) is 1. The van der Waals surface area contributed by atoms with Crippen LogP contribution in [-0.4, -0.2) is 50.2 Å². The van der Waals surface area contributed by atoms with Gasteiger partial charge in [0, 0.05) is 57.6 Å². The number of hydrogen-bond acceptors (Lipinski definition) is 6. The van der Waals surface area contributed by atoms with Crippen molar-refractivity contribution >= 4 is 11.9 Å². The van der Waals surface area contributed by atoms with Crippen molar-refractivity contribution in [3.63, 3.8) is 0 Å². The van der Waals surface area contributed by atoms with Crippen LogP contribution in [0.3, 0.4) is 0 Å². The van der Waals surface area contributed by atoms with Gasteiger partial charge in [0.25, 0.3) is 0 Å². The quantitative estimate of drug-likeness (QED) is 0.856. The van der Waals surface area contributed by atoms with Gasteiger partial charge in [-0.2, -0.15) is 5.10 Å². The number of nitrogens with zero attached hydrogens (tertiary/aromatic N) is 6. The van der Waals surface area contributed by atoms with Gasteiger partial charge in [-0.05, 0) is 25.3 Å². The lowest BCUT2D eigenvalue weighted by atomic mass is 10.1. The van der Waals surface area contributed by atoms with E-state index in [1.165, 1.54) is 31.9 Å². The van der Waals surface area contributed by atoms with E-state index in [9.17, 15) is 4.79 Å². The lowest BCUT2D eigenvalue weighted by Gasteiger charge is -2.28. The number of anilines is 1. The van der Waals surface area contributed by atoms with Crippen LogP contribution >= 0.6 is 0 Å². The van der Waals surface area contributed by atoms with E-state index in [4.69, 9.17) is 0 Å². The Bertz CT molecular complexity index is 780. The number of carbonyl (C=O) groups excluding carboxylic acids is 1. The molecule has 0 aliphatic carbocycles. The van der Waals surface area contributed by atoms with E-state index >= 15 is 0 Å². The molecule has 0 radical (unpaired) electrons. The molecule has 0 atom stereocenters. The van der Waals surface area contributed by atoms with Gasteiger partial charge in [-0.25, -0.2) is 9.97 Å². The van der Waals surface area contributed by atoms with E-state index in [2.05, 4.69) is 36.2 Å². The molecule has 0 bridgehead atoms. The molecule has 0 unspecified atom stereocenters. The van der Waals surface area contributed by atoms with Crippen molar-refractivity contribution in [1.82, 2.24) is 30.0 Å². The van der Waals surface area contributed by atoms with Gasteiger partial charge in [0.05, 0.1) is 24.5 Å². The topological polar surface area (TPSA) is 79.2 Å². The van der Waals surface area contributed by atoms with Gasteiger partial charge < -0.3 is 10.2 Å². The summed E-state index contributed by atoms with van der Waals surface area (Å²) in [6.07, 6.45) is 7.70. The van der Waals surface area contributed by atoms with Gasteiger partial charge in [-0.15, -0.1) is 0 Å². The number of fused-ring (bicyclic) bond motifs is 1. The van der Waals surface area contributed by atoms with E-state index in [-0.39, 0.29) is 5.91 Å². The lowest BCUT2D eigenvalue weighted by molar-refractivity contribution is -0.119. The fourth-order valence-electron chi connectivity index (χ4n) is 3.76. The van der Waals surface area contributed by atoms with Gasteiger partial charge in [0.2, 0.25) is 11.9 Å². The Kier molecular flexibility index (Phi) is 5.33. The first kappa shape index (κ1) is 17.9. The molecule has 4 heterocycles. The number of rotatable bonds is 5. The molecule has 144 valence electrons. The smallest absolute Gasteiger partial charge is 0.225 e. The first-order chi connectivity index (χ1) is 13.2. The second-order valence-electron chi connectivity index (χ2n) is 7.41. The monoisotopic (exact) mass is 369 g/mol. The van der Waals surface area contributed by atoms with Crippen LogP contribution < -0.4 is 10.2 Å². The zero-order valence-corrected chi connectivity index (χ0v) is 15.9. The Hall–Kier alpha value is -2.48. The Morgan fingerprint density at radius 3 is 2.63 bits per heavy atom. The minimum Gasteiger partial charge on any atom is -0.351 e. The summed E-state index contributed by atoms with van der Waals surface area (Å²) in [5, 5.41) is 7.38. The van der Waals surface area contributed by atoms with Crippen LogP contribution in [-0.2, 0) is 31.0 Å². The lowest BCUT2D eigenvalue weighted by Crippen LogP contribution is -2.33. The van der Waals surface area contributed by atoms with Crippen LogP contribution in [0.4, 0.5) is 5.95 Å². The maximum absolute atomic E-state index is 11.1. The van der Waals surface area contributed by atoms with Gasteiger partial charge in [-0.3, -0.25) is 14.4 Å². The Balaban J connectivity index is 1.34. The molecule has 0 spiro atoms. The number of piperidine rings is 1. The molecule has 2 aliphatic heterocycles. The van der Waals surface area contributed by atoms with E-state index in [1.54, 1.807) is 0 Å². The van der Waals surface area contributed by atoms with Crippen molar-refractivity contribution in [2.45, 2.75) is 52.4 Å². The molecule has 4 rings (SSSR count). The summed E-state index contributed by atoms with van der Waals surface area (Å²) in [6.45, 7) is 7.64. The second-order valence-corrected chi connectivity index (χ2v) is 7.41. The summed E-state index contributed by atoms with van der Waals surface area (Å²) >= 11 is 0. The van der Waals surface area contributed by atoms with Crippen molar-refractivity contribution in [1.29, 1.82) is 0 Å². The van der Waals surface area contributed by atoms with Crippen LogP contribution in [0.2, 0.25) is 0 Å². The van der Waals surface area contributed by atoms with Crippen molar-refractivity contribution in [2.75, 3.05) is 24.5 Å². The highest BCUT2D eigenvalue weighted by molar-refractivity contribution is 5.72. The number of hydrogen-bond donors (Lipinski definition) is 1. The van der Waals surface area contributed by atoms with Gasteiger partial charge in [-0.1, -0.05) is 0 Å². The molecule has 2 aromatic rings. The first-order valence-corrected chi connectivity index (χ1v) is 9.75.